The molecule has 1 aromatic rings. The molecule has 3 rings (SSSR count). The predicted octanol–water partition coefficient (Wildman–Crippen LogP) is 2.68. The zero-order chi connectivity index (χ0) is 15.9. The second-order valence-corrected chi connectivity index (χ2v) is 6.47. The SMILES string of the molecule is CCC(CC)C(=O)N1C[C@@H](CO)[C@@H]2Oc3c(C)cccc3[C@@H]21. The number of aliphatic hydroxyl groups excluding tert-OH is 1. The van der Waals surface area contributed by atoms with Gasteiger partial charge in [0.05, 0.1) is 12.6 Å². The molecule has 4 nitrogen and oxygen atoms in total. The Morgan fingerprint density at radius 1 is 1.41 bits per heavy atom. The summed E-state index contributed by atoms with van der Waals surface area (Å²) in [4.78, 5) is 14.8. The molecule has 2 aliphatic rings. The smallest absolute Gasteiger partial charge is 0.226 e. The first kappa shape index (κ1) is 15.3. The molecule has 2 aliphatic heterocycles. The normalized spacial score (nSPS) is 26.0. The number of para-hydroxylation sites is 1. The fraction of sp³-hybridized carbons (Fsp3) is 0.611. The highest BCUT2D eigenvalue weighted by Crippen LogP contribution is 2.49. The molecule has 3 atom stereocenters. The van der Waals surface area contributed by atoms with E-state index in [1.54, 1.807) is 0 Å². The molecule has 22 heavy (non-hydrogen) atoms. The minimum Gasteiger partial charge on any atom is -0.487 e. The monoisotopic (exact) mass is 303 g/mol. The van der Waals surface area contributed by atoms with Crippen molar-refractivity contribution in [2.45, 2.75) is 45.8 Å². The van der Waals surface area contributed by atoms with Crippen molar-refractivity contribution in [1.82, 2.24) is 4.90 Å². The number of amides is 1. The van der Waals surface area contributed by atoms with E-state index in [4.69, 9.17) is 4.74 Å². The second-order valence-electron chi connectivity index (χ2n) is 6.47. The highest BCUT2D eigenvalue weighted by Gasteiger charge is 2.51. The van der Waals surface area contributed by atoms with E-state index in [9.17, 15) is 9.90 Å². The van der Waals surface area contributed by atoms with Crippen LogP contribution >= 0.6 is 0 Å². The van der Waals surface area contributed by atoms with Crippen LogP contribution in [0.4, 0.5) is 0 Å². The molecule has 4 heteroatoms. The number of carbonyl (C=O) groups excluding carboxylic acids is 1. The molecule has 120 valence electrons. The van der Waals surface area contributed by atoms with Crippen LogP contribution in [0.1, 0.15) is 43.9 Å². The van der Waals surface area contributed by atoms with Crippen molar-refractivity contribution in [1.29, 1.82) is 0 Å². The Bertz CT molecular complexity index is 567. The summed E-state index contributed by atoms with van der Waals surface area (Å²) in [6.45, 7) is 6.80. The maximum absolute atomic E-state index is 12.9. The van der Waals surface area contributed by atoms with Crippen LogP contribution in [0.3, 0.4) is 0 Å². The molecule has 0 aromatic heterocycles. The number of likely N-dealkylation sites (tertiary alicyclic amines) is 1. The lowest BCUT2D eigenvalue weighted by atomic mass is 9.97. The number of hydrogen-bond acceptors (Lipinski definition) is 3. The summed E-state index contributed by atoms with van der Waals surface area (Å²) in [6, 6.07) is 6.06. The van der Waals surface area contributed by atoms with Gasteiger partial charge in [-0.3, -0.25) is 4.79 Å². The molecule has 1 fully saturated rings. The molecular formula is C18H25NO3. The molecule has 0 saturated carbocycles. The number of aryl methyl sites for hydroxylation is 1. The number of benzene rings is 1. The van der Waals surface area contributed by atoms with E-state index in [2.05, 4.69) is 19.9 Å². The first-order valence-corrected chi connectivity index (χ1v) is 8.29. The molecule has 1 N–H and O–H groups in total. The highest BCUT2D eigenvalue weighted by molar-refractivity contribution is 5.80. The van der Waals surface area contributed by atoms with Gasteiger partial charge in [0.15, 0.2) is 0 Å². The molecule has 2 heterocycles. The number of hydrogen-bond donors (Lipinski definition) is 1. The Labute approximate surface area is 132 Å². The van der Waals surface area contributed by atoms with E-state index in [0.29, 0.717) is 6.54 Å². The molecule has 1 saturated heterocycles. The maximum atomic E-state index is 12.9. The van der Waals surface area contributed by atoms with Crippen LogP contribution in [-0.2, 0) is 4.79 Å². The largest absolute Gasteiger partial charge is 0.487 e. The van der Waals surface area contributed by atoms with Crippen LogP contribution < -0.4 is 4.74 Å². The van der Waals surface area contributed by atoms with Crippen molar-refractivity contribution in [3.05, 3.63) is 29.3 Å². The lowest BCUT2D eigenvalue weighted by Crippen LogP contribution is -2.36. The molecule has 0 bridgehead atoms. The van der Waals surface area contributed by atoms with Crippen LogP contribution in [0.5, 0.6) is 5.75 Å². The van der Waals surface area contributed by atoms with Gasteiger partial charge in [-0.05, 0) is 25.3 Å². The summed E-state index contributed by atoms with van der Waals surface area (Å²) in [5.74, 6) is 1.16. The lowest BCUT2D eigenvalue weighted by Gasteiger charge is -2.27. The van der Waals surface area contributed by atoms with E-state index >= 15 is 0 Å². The van der Waals surface area contributed by atoms with Gasteiger partial charge >= 0.3 is 0 Å². The van der Waals surface area contributed by atoms with Crippen molar-refractivity contribution in [2.24, 2.45) is 11.8 Å². The summed E-state index contributed by atoms with van der Waals surface area (Å²) in [7, 11) is 0. The van der Waals surface area contributed by atoms with Gasteiger partial charge < -0.3 is 14.7 Å². The third-order valence-corrected chi connectivity index (χ3v) is 5.21. The van der Waals surface area contributed by atoms with Crippen LogP contribution in [0, 0.1) is 18.8 Å². The number of fused-ring (bicyclic) bond motifs is 3. The molecular weight excluding hydrogens is 278 g/mol. The number of rotatable bonds is 4. The van der Waals surface area contributed by atoms with Crippen molar-refractivity contribution < 1.29 is 14.6 Å². The number of ether oxygens (including phenoxy) is 1. The predicted molar refractivity (Wildman–Crippen MR) is 84.7 cm³/mol. The fourth-order valence-corrected chi connectivity index (χ4v) is 3.88. The number of carbonyl (C=O) groups is 1. The van der Waals surface area contributed by atoms with E-state index in [1.807, 2.05) is 24.0 Å². The van der Waals surface area contributed by atoms with Gasteiger partial charge in [0.25, 0.3) is 0 Å². The van der Waals surface area contributed by atoms with E-state index in [0.717, 1.165) is 29.7 Å². The minimum atomic E-state index is -0.112. The topological polar surface area (TPSA) is 49.8 Å². The molecule has 0 unspecified atom stereocenters. The minimum absolute atomic E-state index is 0.00453. The van der Waals surface area contributed by atoms with Crippen LogP contribution in [0.15, 0.2) is 18.2 Å². The van der Waals surface area contributed by atoms with E-state index in [1.165, 1.54) is 0 Å². The van der Waals surface area contributed by atoms with Gasteiger partial charge in [0.2, 0.25) is 5.91 Å². The second kappa shape index (κ2) is 5.92. The highest BCUT2D eigenvalue weighted by atomic mass is 16.5. The Morgan fingerprint density at radius 2 is 2.14 bits per heavy atom. The molecule has 1 aromatic carbocycles. The number of aliphatic hydroxyl groups is 1. The zero-order valence-electron chi connectivity index (χ0n) is 13.6. The number of nitrogens with zero attached hydrogens (tertiary/aromatic N) is 1. The molecule has 1 amide bonds. The quantitative estimate of drug-likeness (QED) is 0.930. The van der Waals surface area contributed by atoms with Gasteiger partial charge in [0, 0.05) is 23.9 Å². The van der Waals surface area contributed by atoms with Crippen molar-refractivity contribution in [2.75, 3.05) is 13.2 Å². The molecule has 0 spiro atoms. The van der Waals surface area contributed by atoms with Crippen LogP contribution in [0.25, 0.3) is 0 Å². The Kier molecular flexibility index (Phi) is 4.13. The van der Waals surface area contributed by atoms with Gasteiger partial charge in [-0.25, -0.2) is 0 Å². The average molecular weight is 303 g/mol. The maximum Gasteiger partial charge on any atom is 0.226 e. The van der Waals surface area contributed by atoms with Crippen molar-refractivity contribution in [3.63, 3.8) is 0 Å². The van der Waals surface area contributed by atoms with Gasteiger partial charge in [0.1, 0.15) is 11.9 Å². The Balaban J connectivity index is 1.97. The standard InChI is InChI=1S/C18H25NO3/c1-4-12(5-2)18(21)19-9-13(10-20)17-15(19)14-8-6-7-11(3)16(14)22-17/h6-8,12-13,15,17,20H,4-5,9-10H2,1-3H3/t13-,15-,17-/m0/s1. The van der Waals surface area contributed by atoms with Crippen LogP contribution in [0.2, 0.25) is 0 Å². The summed E-state index contributed by atoms with van der Waals surface area (Å²) in [5.41, 5.74) is 2.19. The molecule has 0 aliphatic carbocycles. The van der Waals surface area contributed by atoms with Gasteiger partial charge in [-0.1, -0.05) is 32.0 Å². The lowest BCUT2D eigenvalue weighted by molar-refractivity contribution is -0.137. The third kappa shape index (κ3) is 2.21. The van der Waals surface area contributed by atoms with Gasteiger partial charge in [-0.2, -0.15) is 0 Å². The zero-order valence-corrected chi connectivity index (χ0v) is 13.6. The Hall–Kier alpha value is -1.55. The average Bonchev–Trinajstić information content (AvgIpc) is 3.06. The van der Waals surface area contributed by atoms with Crippen molar-refractivity contribution in [3.8, 4) is 5.75 Å². The summed E-state index contributed by atoms with van der Waals surface area (Å²) in [6.07, 6.45) is 1.60. The van der Waals surface area contributed by atoms with Gasteiger partial charge in [-0.15, -0.1) is 0 Å². The fourth-order valence-electron chi connectivity index (χ4n) is 3.88. The van der Waals surface area contributed by atoms with E-state index < -0.39 is 0 Å². The third-order valence-electron chi connectivity index (χ3n) is 5.21. The van der Waals surface area contributed by atoms with E-state index in [-0.39, 0.29) is 36.5 Å². The first-order chi connectivity index (χ1) is 10.6. The van der Waals surface area contributed by atoms with Crippen LogP contribution in [-0.4, -0.2) is 35.2 Å². The Morgan fingerprint density at radius 3 is 2.77 bits per heavy atom. The van der Waals surface area contributed by atoms with Crippen molar-refractivity contribution >= 4 is 5.91 Å². The summed E-state index contributed by atoms with van der Waals surface area (Å²) >= 11 is 0. The summed E-state index contributed by atoms with van der Waals surface area (Å²) in [5, 5.41) is 9.70. The summed E-state index contributed by atoms with van der Waals surface area (Å²) < 4.78 is 6.14. The molecule has 0 radical (unpaired) electrons. The first-order valence-electron chi connectivity index (χ1n) is 8.29.